The van der Waals surface area contributed by atoms with Crippen molar-refractivity contribution in [3.05, 3.63) is 175 Å². The Bertz CT molecular complexity index is 2240. The second kappa shape index (κ2) is 13.6. The molecule has 49 heavy (non-hydrogen) atoms. The molecule has 232 valence electrons. The van der Waals surface area contributed by atoms with E-state index in [0.29, 0.717) is 17.5 Å². The van der Waals surface area contributed by atoms with Gasteiger partial charge in [-0.1, -0.05) is 131 Å². The molecule has 0 spiro atoms. The van der Waals surface area contributed by atoms with Crippen LogP contribution in [0.4, 0.5) is 0 Å². The van der Waals surface area contributed by atoms with E-state index in [1.54, 1.807) is 12.4 Å². The van der Waals surface area contributed by atoms with Crippen molar-refractivity contribution in [1.82, 2.24) is 24.9 Å². The van der Waals surface area contributed by atoms with Crippen LogP contribution in [0.2, 0.25) is 0 Å². The third kappa shape index (κ3) is 6.68. The Morgan fingerprint density at radius 2 is 0.653 bits per heavy atom. The Labute approximate surface area is 293 Å². The summed E-state index contributed by atoms with van der Waals surface area (Å²) in [5.74, 6) is 1.83. The molecule has 0 atom stereocenters. The van der Waals surface area contributed by atoms with Gasteiger partial charge in [0.25, 0.3) is 0 Å². The maximum atomic E-state index is 5.02. The van der Waals surface area contributed by atoms with E-state index in [1.165, 1.54) is 11.1 Å². The maximum Gasteiger partial charge on any atom is 0.164 e. The number of halogens is 1. The van der Waals surface area contributed by atoms with Crippen LogP contribution in [-0.2, 0) is 0 Å². The Balaban J connectivity index is 1.17. The van der Waals surface area contributed by atoms with Crippen LogP contribution in [0.15, 0.2) is 175 Å². The molecule has 0 fully saturated rings. The second-order valence-corrected chi connectivity index (χ2v) is 12.5. The lowest BCUT2D eigenvalue weighted by atomic mass is 9.99. The number of hydrogen-bond donors (Lipinski definition) is 0. The Morgan fingerprint density at radius 3 is 1.10 bits per heavy atom. The van der Waals surface area contributed by atoms with E-state index < -0.39 is 0 Å². The van der Waals surface area contributed by atoms with Crippen molar-refractivity contribution < 1.29 is 0 Å². The van der Waals surface area contributed by atoms with Gasteiger partial charge in [-0.15, -0.1) is 0 Å². The maximum absolute atomic E-state index is 5.02. The number of pyridine rings is 2. The van der Waals surface area contributed by atoms with Gasteiger partial charge in [0.1, 0.15) is 0 Å². The summed E-state index contributed by atoms with van der Waals surface area (Å²) in [7, 11) is 0. The molecule has 0 saturated carbocycles. The van der Waals surface area contributed by atoms with Gasteiger partial charge >= 0.3 is 0 Å². The molecule has 0 radical (unpaired) electrons. The molecule has 5 nitrogen and oxygen atoms in total. The fourth-order valence-electron chi connectivity index (χ4n) is 5.79. The molecule has 0 aliphatic carbocycles. The topological polar surface area (TPSA) is 64.5 Å². The van der Waals surface area contributed by atoms with E-state index in [4.69, 9.17) is 15.0 Å². The van der Waals surface area contributed by atoms with Crippen LogP contribution in [0.25, 0.3) is 78.7 Å². The monoisotopic (exact) mass is 693 g/mol. The lowest BCUT2D eigenvalue weighted by Crippen LogP contribution is -2.00. The number of nitrogens with zero attached hydrogens (tertiary/aromatic N) is 5. The first kappa shape index (κ1) is 30.2. The Kier molecular flexibility index (Phi) is 8.36. The summed E-state index contributed by atoms with van der Waals surface area (Å²) in [6.07, 6.45) is 7.29. The molecule has 5 aromatic carbocycles. The molecule has 6 heteroatoms. The average Bonchev–Trinajstić information content (AvgIpc) is 3.19. The van der Waals surface area contributed by atoms with Gasteiger partial charge < -0.3 is 0 Å². The SMILES string of the molecule is Brc1ccc(-c2ccc(-c3cccc(-c4nc(-c5ccc(-c6cccnc6)cc5)nc(-c5ccc(-c6cccnc6)cc5)n4)c3)cc2)cc1. The Morgan fingerprint density at radius 1 is 0.306 bits per heavy atom. The first-order chi connectivity index (χ1) is 24.2. The van der Waals surface area contributed by atoms with Crippen molar-refractivity contribution in [2.75, 3.05) is 0 Å². The zero-order chi connectivity index (χ0) is 33.0. The van der Waals surface area contributed by atoms with Gasteiger partial charge in [-0.3, -0.25) is 9.97 Å². The van der Waals surface area contributed by atoms with E-state index >= 15 is 0 Å². The van der Waals surface area contributed by atoms with Gasteiger partial charge in [0.2, 0.25) is 0 Å². The standard InChI is InChI=1S/C43H28BrN5/c44-40-22-20-30(21-23-40)29-8-10-31(11-9-29)36-4-1-5-37(26-36)43-48-41(34-16-12-32(13-17-34)38-6-2-24-45-27-38)47-42(49-43)35-18-14-33(15-19-35)39-7-3-25-46-28-39/h1-28H. The van der Waals surface area contributed by atoms with Crippen LogP contribution in [0.3, 0.4) is 0 Å². The highest BCUT2D eigenvalue weighted by atomic mass is 79.9. The molecule has 0 saturated heterocycles. The third-order valence-electron chi connectivity index (χ3n) is 8.43. The molecule has 8 rings (SSSR count). The summed E-state index contributed by atoms with van der Waals surface area (Å²) in [5.41, 5.74) is 11.6. The van der Waals surface area contributed by atoms with E-state index in [1.807, 2.05) is 24.5 Å². The molecular weight excluding hydrogens is 666 g/mol. The number of benzene rings is 5. The smallest absolute Gasteiger partial charge is 0.164 e. The molecule has 3 aromatic heterocycles. The number of rotatable bonds is 7. The lowest BCUT2D eigenvalue weighted by molar-refractivity contribution is 1.07. The van der Waals surface area contributed by atoms with Crippen molar-refractivity contribution in [2.24, 2.45) is 0 Å². The van der Waals surface area contributed by atoms with Crippen molar-refractivity contribution in [1.29, 1.82) is 0 Å². The van der Waals surface area contributed by atoms with Gasteiger partial charge in [0.05, 0.1) is 0 Å². The van der Waals surface area contributed by atoms with Crippen LogP contribution < -0.4 is 0 Å². The predicted octanol–water partition coefficient (Wildman–Crippen LogP) is 11.1. The van der Waals surface area contributed by atoms with Crippen molar-refractivity contribution in [3.8, 4) is 78.7 Å². The normalized spacial score (nSPS) is 11.0. The molecule has 0 unspecified atom stereocenters. The van der Waals surface area contributed by atoms with Crippen molar-refractivity contribution >= 4 is 15.9 Å². The zero-order valence-corrected chi connectivity index (χ0v) is 27.9. The van der Waals surface area contributed by atoms with E-state index in [9.17, 15) is 0 Å². The van der Waals surface area contributed by atoms with Crippen LogP contribution >= 0.6 is 15.9 Å². The zero-order valence-electron chi connectivity index (χ0n) is 26.3. The first-order valence-corrected chi connectivity index (χ1v) is 16.7. The molecule has 0 amide bonds. The molecule has 3 heterocycles. The third-order valence-corrected chi connectivity index (χ3v) is 8.96. The molecule has 8 aromatic rings. The largest absolute Gasteiger partial charge is 0.264 e. The second-order valence-electron chi connectivity index (χ2n) is 11.6. The van der Waals surface area contributed by atoms with Crippen LogP contribution in [0.1, 0.15) is 0 Å². The molecule has 0 N–H and O–H groups in total. The quantitative estimate of drug-likeness (QED) is 0.166. The fraction of sp³-hybridized carbons (Fsp3) is 0. The highest BCUT2D eigenvalue weighted by Crippen LogP contribution is 2.31. The summed E-state index contributed by atoms with van der Waals surface area (Å²) in [5, 5.41) is 0. The van der Waals surface area contributed by atoms with E-state index in [2.05, 4.69) is 159 Å². The summed E-state index contributed by atoms with van der Waals surface area (Å²) < 4.78 is 1.07. The summed E-state index contributed by atoms with van der Waals surface area (Å²) in [4.78, 5) is 23.5. The van der Waals surface area contributed by atoms with Crippen LogP contribution in [0, 0.1) is 0 Å². The molecule has 0 bridgehead atoms. The van der Waals surface area contributed by atoms with E-state index in [0.717, 1.165) is 54.5 Å². The molecular formula is C43H28BrN5. The van der Waals surface area contributed by atoms with Crippen LogP contribution in [-0.4, -0.2) is 24.9 Å². The predicted molar refractivity (Wildman–Crippen MR) is 201 cm³/mol. The van der Waals surface area contributed by atoms with Gasteiger partial charge in [-0.25, -0.2) is 15.0 Å². The van der Waals surface area contributed by atoms with Gasteiger partial charge in [0.15, 0.2) is 17.5 Å². The summed E-state index contributed by atoms with van der Waals surface area (Å²) in [6, 6.07) is 49.9. The minimum Gasteiger partial charge on any atom is -0.264 e. The first-order valence-electron chi connectivity index (χ1n) is 15.9. The van der Waals surface area contributed by atoms with E-state index in [-0.39, 0.29) is 0 Å². The Hall–Kier alpha value is -6.11. The van der Waals surface area contributed by atoms with Crippen molar-refractivity contribution in [2.45, 2.75) is 0 Å². The van der Waals surface area contributed by atoms with Gasteiger partial charge in [0, 0.05) is 46.0 Å². The lowest BCUT2D eigenvalue weighted by Gasteiger charge is -2.11. The minimum absolute atomic E-state index is 0.610. The van der Waals surface area contributed by atoms with Crippen molar-refractivity contribution in [3.63, 3.8) is 0 Å². The number of aromatic nitrogens is 5. The summed E-state index contributed by atoms with van der Waals surface area (Å²) >= 11 is 3.53. The highest BCUT2D eigenvalue weighted by Gasteiger charge is 2.14. The molecule has 0 aliphatic heterocycles. The fourth-order valence-corrected chi connectivity index (χ4v) is 6.05. The van der Waals surface area contributed by atoms with Gasteiger partial charge in [-0.05, 0) is 74.8 Å². The average molecular weight is 695 g/mol. The number of hydrogen-bond acceptors (Lipinski definition) is 5. The van der Waals surface area contributed by atoms with Crippen LogP contribution in [0.5, 0.6) is 0 Å². The molecule has 0 aliphatic rings. The summed E-state index contributed by atoms with van der Waals surface area (Å²) in [6.45, 7) is 0. The van der Waals surface area contributed by atoms with Gasteiger partial charge in [-0.2, -0.15) is 0 Å². The highest BCUT2D eigenvalue weighted by molar-refractivity contribution is 9.10. The minimum atomic E-state index is 0.610.